The highest BCUT2D eigenvalue weighted by molar-refractivity contribution is 7.80. The van der Waals surface area contributed by atoms with E-state index in [1.54, 1.807) is 50.2 Å². The van der Waals surface area contributed by atoms with Crippen LogP contribution in [0.4, 0.5) is 22.7 Å². The van der Waals surface area contributed by atoms with Crippen LogP contribution < -0.4 is 20.9 Å². The summed E-state index contributed by atoms with van der Waals surface area (Å²) < 4.78 is 0. The minimum atomic E-state index is -0.551. The van der Waals surface area contributed by atoms with Gasteiger partial charge in [-0.25, -0.2) is 0 Å². The molecule has 1 aliphatic heterocycles. The molecule has 1 saturated heterocycles. The van der Waals surface area contributed by atoms with Crippen LogP contribution in [0.3, 0.4) is 0 Å². The fourth-order valence-electron chi connectivity index (χ4n) is 3.51. The first-order valence-electron chi connectivity index (χ1n) is 10.8. The van der Waals surface area contributed by atoms with Gasteiger partial charge in [-0.05, 0) is 61.8 Å². The van der Waals surface area contributed by atoms with Gasteiger partial charge in [0.1, 0.15) is 5.69 Å². The van der Waals surface area contributed by atoms with E-state index in [4.69, 9.17) is 12.2 Å². The van der Waals surface area contributed by atoms with Crippen LogP contribution in [0.2, 0.25) is 0 Å². The van der Waals surface area contributed by atoms with Crippen molar-refractivity contribution in [1.82, 2.24) is 5.32 Å². The van der Waals surface area contributed by atoms with Gasteiger partial charge in [0.05, 0.1) is 4.92 Å². The average molecular weight is 470 g/mol. The number of thiocarbonyl (C=S) groups is 1. The van der Waals surface area contributed by atoms with Gasteiger partial charge >= 0.3 is 0 Å². The zero-order chi connectivity index (χ0) is 24.0. The Labute approximate surface area is 197 Å². The fourth-order valence-corrected chi connectivity index (χ4v) is 3.72. The van der Waals surface area contributed by atoms with Crippen molar-refractivity contribution in [1.29, 1.82) is 0 Å². The lowest BCUT2D eigenvalue weighted by molar-refractivity contribution is -0.384. The number of benzene rings is 2. The largest absolute Gasteiger partial charge is 0.366 e. The van der Waals surface area contributed by atoms with Crippen LogP contribution >= 0.6 is 12.2 Å². The lowest BCUT2D eigenvalue weighted by Crippen LogP contribution is -2.34. The number of nitrogens with one attached hydrogen (secondary N) is 3. The molecular weight excluding hydrogens is 442 g/mol. The topological polar surface area (TPSA) is 117 Å². The van der Waals surface area contributed by atoms with Gasteiger partial charge in [0.2, 0.25) is 5.91 Å². The zero-order valence-corrected chi connectivity index (χ0v) is 19.4. The van der Waals surface area contributed by atoms with Crippen LogP contribution in [0.15, 0.2) is 42.5 Å². The molecule has 10 heteroatoms. The Kier molecular flexibility index (Phi) is 7.94. The number of anilines is 3. The Morgan fingerprint density at radius 2 is 1.70 bits per heavy atom. The van der Waals surface area contributed by atoms with Crippen LogP contribution in [-0.4, -0.2) is 34.9 Å². The predicted molar refractivity (Wildman–Crippen MR) is 133 cm³/mol. The van der Waals surface area contributed by atoms with E-state index in [9.17, 15) is 19.7 Å². The SMILES string of the molecule is CC(C)C(=O)Nc1cccc(NC(=S)NC(=O)c2ccc(N3CCCCC3)c([N+](=O)[O-])c2)c1. The second-order valence-electron chi connectivity index (χ2n) is 8.14. The van der Waals surface area contributed by atoms with Crippen LogP contribution in [0.25, 0.3) is 0 Å². The van der Waals surface area contributed by atoms with Crippen molar-refractivity contribution >= 4 is 51.9 Å². The molecule has 0 unspecified atom stereocenters. The summed E-state index contributed by atoms with van der Waals surface area (Å²) in [6.07, 6.45) is 3.09. The molecule has 3 N–H and O–H groups in total. The molecule has 33 heavy (non-hydrogen) atoms. The van der Waals surface area contributed by atoms with Crippen molar-refractivity contribution in [2.24, 2.45) is 5.92 Å². The second-order valence-corrected chi connectivity index (χ2v) is 8.55. The number of carbonyl (C=O) groups is 2. The van der Waals surface area contributed by atoms with E-state index >= 15 is 0 Å². The zero-order valence-electron chi connectivity index (χ0n) is 18.6. The molecule has 2 amide bonds. The van der Waals surface area contributed by atoms with Crippen molar-refractivity contribution in [3.8, 4) is 0 Å². The number of nitro benzene ring substituents is 1. The summed E-state index contributed by atoms with van der Waals surface area (Å²) in [7, 11) is 0. The summed E-state index contributed by atoms with van der Waals surface area (Å²) in [6.45, 7) is 5.12. The third kappa shape index (κ3) is 6.48. The molecule has 0 spiro atoms. The van der Waals surface area contributed by atoms with E-state index < -0.39 is 10.8 Å². The lowest BCUT2D eigenvalue weighted by atomic mass is 10.1. The molecule has 0 aliphatic carbocycles. The highest BCUT2D eigenvalue weighted by Gasteiger charge is 2.23. The van der Waals surface area contributed by atoms with Gasteiger partial charge in [0.15, 0.2) is 5.11 Å². The van der Waals surface area contributed by atoms with Crippen molar-refractivity contribution < 1.29 is 14.5 Å². The van der Waals surface area contributed by atoms with E-state index in [2.05, 4.69) is 16.0 Å². The Hall–Kier alpha value is -3.53. The van der Waals surface area contributed by atoms with Crippen LogP contribution in [-0.2, 0) is 4.79 Å². The summed E-state index contributed by atoms with van der Waals surface area (Å²) in [5, 5.41) is 19.9. The van der Waals surface area contributed by atoms with Gasteiger partial charge in [-0.15, -0.1) is 0 Å². The fraction of sp³-hybridized carbons (Fsp3) is 0.348. The summed E-state index contributed by atoms with van der Waals surface area (Å²) in [5.74, 6) is -0.824. The standard InChI is InChI=1S/C23H27N5O4S/c1-15(2)21(29)24-17-7-6-8-18(14-17)25-23(33)26-22(30)16-9-10-19(20(13-16)28(31)32)27-11-4-3-5-12-27/h6-10,13-15H,3-5,11-12H2,1-2H3,(H,24,29)(H2,25,26,30,33). The number of carbonyl (C=O) groups excluding carboxylic acids is 2. The van der Waals surface area contributed by atoms with E-state index in [0.717, 1.165) is 32.4 Å². The van der Waals surface area contributed by atoms with Crippen LogP contribution in [0.1, 0.15) is 43.5 Å². The van der Waals surface area contributed by atoms with Crippen molar-refractivity contribution in [3.05, 3.63) is 58.1 Å². The van der Waals surface area contributed by atoms with E-state index in [-0.39, 0.29) is 28.2 Å². The first kappa shape index (κ1) is 24.1. The number of hydrogen-bond donors (Lipinski definition) is 3. The molecular formula is C23H27N5O4S. The number of amides is 2. The molecule has 2 aromatic carbocycles. The van der Waals surface area contributed by atoms with Crippen molar-refractivity contribution in [2.75, 3.05) is 28.6 Å². The summed E-state index contributed by atoms with van der Waals surface area (Å²) in [6, 6.07) is 11.4. The highest BCUT2D eigenvalue weighted by atomic mass is 32.1. The third-order valence-corrected chi connectivity index (χ3v) is 5.47. The minimum Gasteiger partial charge on any atom is -0.366 e. The monoisotopic (exact) mass is 469 g/mol. The van der Waals surface area contributed by atoms with Gasteiger partial charge in [0, 0.05) is 42.0 Å². The van der Waals surface area contributed by atoms with Crippen LogP contribution in [0.5, 0.6) is 0 Å². The maximum Gasteiger partial charge on any atom is 0.293 e. The first-order chi connectivity index (χ1) is 15.7. The first-order valence-corrected chi connectivity index (χ1v) is 11.2. The predicted octanol–water partition coefficient (Wildman–Crippen LogP) is 4.31. The molecule has 0 saturated carbocycles. The summed E-state index contributed by atoms with van der Waals surface area (Å²) in [5.41, 5.74) is 1.74. The molecule has 0 bridgehead atoms. The maximum absolute atomic E-state index is 12.7. The third-order valence-electron chi connectivity index (χ3n) is 5.27. The van der Waals surface area contributed by atoms with E-state index in [1.165, 1.54) is 6.07 Å². The second kappa shape index (κ2) is 10.9. The normalized spacial score (nSPS) is 13.4. The molecule has 1 aliphatic rings. The summed E-state index contributed by atoms with van der Waals surface area (Å²) in [4.78, 5) is 37.7. The summed E-state index contributed by atoms with van der Waals surface area (Å²) >= 11 is 5.23. The molecule has 1 heterocycles. The van der Waals surface area contributed by atoms with E-state index in [0.29, 0.717) is 17.1 Å². The number of nitro groups is 1. The quantitative estimate of drug-likeness (QED) is 0.328. The Balaban J connectivity index is 1.67. The number of hydrogen-bond acceptors (Lipinski definition) is 6. The molecule has 174 valence electrons. The molecule has 0 atom stereocenters. The smallest absolute Gasteiger partial charge is 0.293 e. The average Bonchev–Trinajstić information content (AvgIpc) is 2.79. The van der Waals surface area contributed by atoms with Crippen LogP contribution in [0, 0.1) is 16.0 Å². The lowest BCUT2D eigenvalue weighted by Gasteiger charge is -2.28. The van der Waals surface area contributed by atoms with Crippen molar-refractivity contribution in [3.63, 3.8) is 0 Å². The Morgan fingerprint density at radius 1 is 1.03 bits per heavy atom. The molecule has 3 rings (SSSR count). The van der Waals surface area contributed by atoms with Crippen molar-refractivity contribution in [2.45, 2.75) is 33.1 Å². The highest BCUT2D eigenvalue weighted by Crippen LogP contribution is 2.31. The number of piperidine rings is 1. The van der Waals surface area contributed by atoms with Gasteiger partial charge in [-0.1, -0.05) is 19.9 Å². The number of rotatable bonds is 6. The molecule has 9 nitrogen and oxygen atoms in total. The molecule has 2 aromatic rings. The maximum atomic E-state index is 12.7. The molecule has 0 radical (unpaired) electrons. The van der Waals surface area contributed by atoms with Gasteiger partial charge in [0.25, 0.3) is 11.6 Å². The van der Waals surface area contributed by atoms with E-state index in [1.807, 2.05) is 4.90 Å². The van der Waals surface area contributed by atoms with Gasteiger partial charge < -0.3 is 15.5 Å². The molecule has 0 aromatic heterocycles. The Morgan fingerprint density at radius 3 is 2.33 bits per heavy atom. The van der Waals surface area contributed by atoms with Gasteiger partial charge in [-0.2, -0.15) is 0 Å². The Bertz CT molecular complexity index is 1070. The molecule has 1 fully saturated rings. The number of nitrogens with zero attached hydrogens (tertiary/aromatic N) is 2. The minimum absolute atomic E-state index is 0.0371. The van der Waals surface area contributed by atoms with Gasteiger partial charge in [-0.3, -0.25) is 25.0 Å².